The molecule has 29 heavy (non-hydrogen) atoms. The monoisotopic (exact) mass is 438 g/mol. The van der Waals surface area contributed by atoms with Gasteiger partial charge in [-0.2, -0.15) is 0 Å². The van der Waals surface area contributed by atoms with Gasteiger partial charge in [0.25, 0.3) is 5.91 Å². The van der Waals surface area contributed by atoms with E-state index in [1.807, 2.05) is 19.9 Å². The molecule has 1 fully saturated rings. The molecule has 0 atom stereocenters. The summed E-state index contributed by atoms with van der Waals surface area (Å²) >= 11 is 12.0. The van der Waals surface area contributed by atoms with Crippen LogP contribution in [0.5, 0.6) is 11.5 Å². The van der Waals surface area contributed by atoms with Gasteiger partial charge < -0.3 is 24.4 Å². The molecule has 0 bridgehead atoms. The van der Waals surface area contributed by atoms with Crippen molar-refractivity contribution in [3.63, 3.8) is 0 Å². The molecular weight excluding hydrogens is 415 g/mol. The number of halogens is 2. The van der Waals surface area contributed by atoms with E-state index in [1.54, 1.807) is 18.2 Å². The second-order valence-corrected chi connectivity index (χ2v) is 7.18. The molecule has 0 aromatic heterocycles. The first-order chi connectivity index (χ1) is 14.0. The zero-order valence-electron chi connectivity index (χ0n) is 16.5. The molecular formula is C21H24Cl2N2O4. The maximum Gasteiger partial charge on any atom is 0.255 e. The minimum Gasteiger partial charge on any atom is -0.492 e. The maximum absolute atomic E-state index is 12.8. The van der Waals surface area contributed by atoms with Crippen LogP contribution >= 0.6 is 23.2 Å². The van der Waals surface area contributed by atoms with Crippen LogP contribution in [0.4, 0.5) is 11.4 Å². The Morgan fingerprint density at radius 3 is 2.38 bits per heavy atom. The summed E-state index contributed by atoms with van der Waals surface area (Å²) in [7, 11) is 0. The highest BCUT2D eigenvalue weighted by atomic mass is 35.5. The quantitative estimate of drug-likeness (QED) is 0.667. The van der Waals surface area contributed by atoms with Gasteiger partial charge in [0.05, 0.1) is 47.8 Å². The van der Waals surface area contributed by atoms with Crippen LogP contribution in [0, 0.1) is 0 Å². The van der Waals surface area contributed by atoms with Gasteiger partial charge in [-0.15, -0.1) is 0 Å². The van der Waals surface area contributed by atoms with Crippen molar-refractivity contribution in [2.45, 2.75) is 13.8 Å². The maximum atomic E-state index is 12.8. The lowest BCUT2D eigenvalue weighted by atomic mass is 10.1. The molecule has 156 valence electrons. The van der Waals surface area contributed by atoms with Crippen LogP contribution in [-0.4, -0.2) is 45.4 Å². The largest absolute Gasteiger partial charge is 0.492 e. The van der Waals surface area contributed by atoms with Gasteiger partial charge in [-0.1, -0.05) is 23.2 Å². The highest BCUT2D eigenvalue weighted by molar-refractivity contribution is 6.42. The predicted octanol–water partition coefficient (Wildman–Crippen LogP) is 4.88. The SMILES string of the molecule is CCOc1cc(N2CCOCC2)c(OCC)cc1NC(=O)c1ccc(Cl)c(Cl)c1. The van der Waals surface area contributed by atoms with Crippen LogP contribution in [0.25, 0.3) is 0 Å². The number of benzene rings is 2. The highest BCUT2D eigenvalue weighted by Crippen LogP contribution is 2.39. The minimum absolute atomic E-state index is 0.314. The first kappa shape index (κ1) is 21.6. The Kier molecular flexibility index (Phi) is 7.47. The molecule has 2 aromatic rings. The van der Waals surface area contributed by atoms with Crippen molar-refractivity contribution in [1.29, 1.82) is 0 Å². The minimum atomic E-state index is -0.314. The molecule has 1 aliphatic rings. The van der Waals surface area contributed by atoms with Gasteiger partial charge in [0.1, 0.15) is 11.5 Å². The number of carbonyl (C=O) groups is 1. The van der Waals surface area contributed by atoms with Crippen LogP contribution in [0.15, 0.2) is 30.3 Å². The Morgan fingerprint density at radius 2 is 1.72 bits per heavy atom. The van der Waals surface area contributed by atoms with Crippen LogP contribution in [0.1, 0.15) is 24.2 Å². The van der Waals surface area contributed by atoms with Crippen LogP contribution in [0.2, 0.25) is 10.0 Å². The summed E-state index contributed by atoms with van der Waals surface area (Å²) in [6.07, 6.45) is 0. The summed E-state index contributed by atoms with van der Waals surface area (Å²) < 4.78 is 17.1. The third kappa shape index (κ3) is 5.26. The fourth-order valence-electron chi connectivity index (χ4n) is 3.08. The third-order valence-electron chi connectivity index (χ3n) is 4.44. The van der Waals surface area contributed by atoms with Crippen molar-refractivity contribution in [3.8, 4) is 11.5 Å². The standard InChI is InChI=1S/C21H24Cl2N2O4/c1-3-28-19-13-18(25-7-9-27-10-8-25)20(29-4-2)12-17(19)24-21(26)14-5-6-15(22)16(23)11-14/h5-6,11-13H,3-4,7-10H2,1-2H3,(H,24,26). The number of hydrogen-bond acceptors (Lipinski definition) is 5. The Labute approximate surface area is 180 Å². The number of amides is 1. The number of ether oxygens (including phenoxy) is 3. The van der Waals surface area contributed by atoms with E-state index >= 15 is 0 Å². The van der Waals surface area contributed by atoms with Gasteiger partial charge in [-0.25, -0.2) is 0 Å². The van der Waals surface area contributed by atoms with E-state index in [-0.39, 0.29) is 5.91 Å². The Morgan fingerprint density at radius 1 is 1.03 bits per heavy atom. The van der Waals surface area contributed by atoms with Crippen molar-refractivity contribution < 1.29 is 19.0 Å². The van der Waals surface area contributed by atoms with E-state index in [9.17, 15) is 4.79 Å². The van der Waals surface area contributed by atoms with E-state index in [2.05, 4.69) is 10.2 Å². The summed E-state index contributed by atoms with van der Waals surface area (Å²) in [5, 5.41) is 3.61. The number of nitrogens with zero attached hydrogens (tertiary/aromatic N) is 1. The summed E-state index contributed by atoms with van der Waals surface area (Å²) in [5.74, 6) is 0.944. The number of carbonyl (C=O) groups excluding carboxylic acids is 1. The van der Waals surface area contributed by atoms with Crippen molar-refractivity contribution in [2.24, 2.45) is 0 Å². The molecule has 1 saturated heterocycles. The Balaban J connectivity index is 1.94. The second kappa shape index (κ2) is 10.1. The molecule has 1 N–H and O–H groups in total. The van der Waals surface area contributed by atoms with E-state index in [0.29, 0.717) is 59.2 Å². The average molecular weight is 439 g/mol. The topological polar surface area (TPSA) is 60.0 Å². The Bertz CT molecular complexity index is 870. The normalized spacial score (nSPS) is 13.9. The van der Waals surface area contributed by atoms with Crippen LogP contribution in [0.3, 0.4) is 0 Å². The van der Waals surface area contributed by atoms with Gasteiger partial charge in [-0.3, -0.25) is 4.79 Å². The van der Waals surface area contributed by atoms with Gasteiger partial charge in [-0.05, 0) is 32.0 Å². The van der Waals surface area contributed by atoms with Gasteiger partial charge in [0.2, 0.25) is 0 Å². The summed E-state index contributed by atoms with van der Waals surface area (Å²) in [4.78, 5) is 14.9. The molecule has 0 aliphatic carbocycles. The molecule has 1 amide bonds. The lowest BCUT2D eigenvalue weighted by Gasteiger charge is -2.31. The number of rotatable bonds is 7. The van der Waals surface area contributed by atoms with Crippen molar-refractivity contribution in [2.75, 3.05) is 49.7 Å². The van der Waals surface area contributed by atoms with Gasteiger partial charge in [0, 0.05) is 30.8 Å². The van der Waals surface area contributed by atoms with Crippen molar-refractivity contribution in [1.82, 2.24) is 0 Å². The molecule has 2 aromatic carbocycles. The summed E-state index contributed by atoms with van der Waals surface area (Å²) in [6.45, 7) is 7.64. The summed E-state index contributed by atoms with van der Waals surface area (Å²) in [6, 6.07) is 8.45. The third-order valence-corrected chi connectivity index (χ3v) is 5.18. The van der Waals surface area contributed by atoms with Crippen molar-refractivity contribution >= 4 is 40.5 Å². The average Bonchev–Trinajstić information content (AvgIpc) is 2.72. The number of morpholine rings is 1. The molecule has 3 rings (SSSR count). The van der Waals surface area contributed by atoms with Crippen LogP contribution in [-0.2, 0) is 4.74 Å². The fraction of sp³-hybridized carbons (Fsp3) is 0.381. The molecule has 0 radical (unpaired) electrons. The van der Waals surface area contributed by atoms with E-state index in [1.165, 1.54) is 6.07 Å². The lowest BCUT2D eigenvalue weighted by molar-refractivity contribution is 0.102. The first-order valence-electron chi connectivity index (χ1n) is 9.56. The number of hydrogen-bond donors (Lipinski definition) is 1. The van der Waals surface area contributed by atoms with E-state index in [0.717, 1.165) is 18.8 Å². The number of nitrogens with one attached hydrogen (secondary N) is 1. The Hall–Kier alpha value is -2.15. The molecule has 0 saturated carbocycles. The van der Waals surface area contributed by atoms with Gasteiger partial charge in [0.15, 0.2) is 0 Å². The molecule has 1 heterocycles. The molecule has 8 heteroatoms. The van der Waals surface area contributed by atoms with Gasteiger partial charge >= 0.3 is 0 Å². The smallest absolute Gasteiger partial charge is 0.255 e. The highest BCUT2D eigenvalue weighted by Gasteiger charge is 2.21. The molecule has 6 nitrogen and oxygen atoms in total. The zero-order chi connectivity index (χ0) is 20.8. The first-order valence-corrected chi connectivity index (χ1v) is 10.3. The lowest BCUT2D eigenvalue weighted by Crippen LogP contribution is -2.36. The number of anilines is 2. The predicted molar refractivity (Wildman–Crippen MR) is 116 cm³/mol. The van der Waals surface area contributed by atoms with Crippen molar-refractivity contribution in [3.05, 3.63) is 45.9 Å². The molecule has 1 aliphatic heterocycles. The van der Waals surface area contributed by atoms with Crippen LogP contribution < -0.4 is 19.7 Å². The summed E-state index contributed by atoms with van der Waals surface area (Å²) in [5.41, 5.74) is 1.85. The zero-order valence-corrected chi connectivity index (χ0v) is 18.0. The van der Waals surface area contributed by atoms with E-state index in [4.69, 9.17) is 37.4 Å². The molecule has 0 spiro atoms. The fourth-order valence-corrected chi connectivity index (χ4v) is 3.37. The second-order valence-electron chi connectivity index (χ2n) is 6.36. The molecule has 0 unspecified atom stereocenters. The van der Waals surface area contributed by atoms with E-state index < -0.39 is 0 Å².